The second-order valence-corrected chi connectivity index (χ2v) is 7.52. The molecule has 0 bridgehead atoms. The molecule has 7 heteroatoms. The van der Waals surface area contributed by atoms with E-state index < -0.39 is 0 Å². The second kappa shape index (κ2) is 8.51. The monoisotopic (exact) mass is 374 g/mol. The third-order valence-electron chi connectivity index (χ3n) is 4.45. The van der Waals surface area contributed by atoms with Gasteiger partial charge in [0.15, 0.2) is 5.13 Å². The summed E-state index contributed by atoms with van der Waals surface area (Å²) in [5.41, 5.74) is 2.33. The van der Waals surface area contributed by atoms with Gasteiger partial charge in [-0.2, -0.15) is 0 Å². The Morgan fingerprint density at radius 2 is 2.12 bits per heavy atom. The van der Waals surface area contributed by atoms with Gasteiger partial charge in [0.25, 0.3) is 5.91 Å². The van der Waals surface area contributed by atoms with E-state index in [2.05, 4.69) is 10.2 Å². The number of hydrogen-bond donors (Lipinski definition) is 1. The molecule has 1 fully saturated rings. The molecule has 1 amide bonds. The maximum absolute atomic E-state index is 12.4. The normalized spacial score (nSPS) is 14.1. The van der Waals surface area contributed by atoms with Crippen LogP contribution in [0, 0.1) is 0 Å². The Morgan fingerprint density at radius 3 is 2.81 bits per heavy atom. The summed E-state index contributed by atoms with van der Waals surface area (Å²) in [6.45, 7) is 3.56. The van der Waals surface area contributed by atoms with E-state index in [9.17, 15) is 4.79 Å². The van der Waals surface area contributed by atoms with Crippen molar-refractivity contribution in [2.45, 2.75) is 12.8 Å². The zero-order chi connectivity index (χ0) is 18.5. The van der Waals surface area contributed by atoms with E-state index in [-0.39, 0.29) is 5.91 Å². The molecular weight excluding hydrogens is 348 g/mol. The lowest BCUT2D eigenvalue weighted by Crippen LogP contribution is -2.31. The summed E-state index contributed by atoms with van der Waals surface area (Å²) in [7, 11) is 5.61. The molecule has 1 saturated heterocycles. The fraction of sp³-hybridized carbons (Fsp3) is 0.474. The predicted molar refractivity (Wildman–Crippen MR) is 106 cm³/mol. The molecule has 0 unspecified atom stereocenters. The standard InChI is InChI=1S/C19H26N4O2S/c1-22(2)11-8-20-18(24)14-6-7-17(25-3)15(12-14)16-13-26-19(21-16)23-9-4-5-10-23/h6-7,12-13H,4-5,8-11H2,1-3H3,(H,20,24). The molecule has 0 radical (unpaired) electrons. The molecule has 1 aliphatic heterocycles. The predicted octanol–water partition coefficient (Wildman–Crippen LogP) is 2.71. The molecule has 1 N–H and O–H groups in total. The first-order valence-corrected chi connectivity index (χ1v) is 9.78. The number of ether oxygens (including phenoxy) is 1. The summed E-state index contributed by atoms with van der Waals surface area (Å²) >= 11 is 1.65. The zero-order valence-electron chi connectivity index (χ0n) is 15.6. The first-order chi connectivity index (χ1) is 12.6. The molecule has 0 saturated carbocycles. The zero-order valence-corrected chi connectivity index (χ0v) is 16.4. The van der Waals surface area contributed by atoms with Crippen LogP contribution in [0.5, 0.6) is 5.75 Å². The molecule has 1 aromatic carbocycles. The third kappa shape index (κ3) is 4.34. The topological polar surface area (TPSA) is 57.7 Å². The molecule has 2 aromatic rings. The van der Waals surface area contributed by atoms with Crippen LogP contribution < -0.4 is 15.0 Å². The number of likely N-dealkylation sites (N-methyl/N-ethyl adjacent to an activating group) is 1. The summed E-state index contributed by atoms with van der Waals surface area (Å²) < 4.78 is 5.49. The average molecular weight is 375 g/mol. The molecule has 1 aromatic heterocycles. The van der Waals surface area contributed by atoms with Gasteiger partial charge in [0.2, 0.25) is 0 Å². The molecule has 6 nitrogen and oxygen atoms in total. The fourth-order valence-corrected chi connectivity index (χ4v) is 3.87. The minimum atomic E-state index is -0.0780. The largest absolute Gasteiger partial charge is 0.496 e. The van der Waals surface area contributed by atoms with Crippen LogP contribution in [0.3, 0.4) is 0 Å². The number of carbonyl (C=O) groups excluding carboxylic acids is 1. The number of anilines is 1. The smallest absolute Gasteiger partial charge is 0.251 e. The van der Waals surface area contributed by atoms with Crippen molar-refractivity contribution >= 4 is 22.4 Å². The minimum absolute atomic E-state index is 0.0780. The Labute approximate surface area is 158 Å². The number of aromatic nitrogens is 1. The van der Waals surface area contributed by atoms with E-state index >= 15 is 0 Å². The molecular formula is C19H26N4O2S. The molecule has 0 aliphatic carbocycles. The Hall–Kier alpha value is -2.12. The number of benzene rings is 1. The highest BCUT2D eigenvalue weighted by atomic mass is 32.1. The lowest BCUT2D eigenvalue weighted by atomic mass is 10.1. The number of methoxy groups -OCH3 is 1. The van der Waals surface area contributed by atoms with Crippen LogP contribution in [0.25, 0.3) is 11.3 Å². The highest BCUT2D eigenvalue weighted by molar-refractivity contribution is 7.14. The van der Waals surface area contributed by atoms with Gasteiger partial charge in [0, 0.05) is 42.7 Å². The van der Waals surface area contributed by atoms with E-state index in [1.165, 1.54) is 12.8 Å². The highest BCUT2D eigenvalue weighted by Crippen LogP contribution is 2.35. The second-order valence-electron chi connectivity index (χ2n) is 6.68. The number of rotatable bonds is 7. The van der Waals surface area contributed by atoms with Crippen molar-refractivity contribution in [3.8, 4) is 17.0 Å². The quantitative estimate of drug-likeness (QED) is 0.808. The lowest BCUT2D eigenvalue weighted by molar-refractivity contribution is 0.0951. The van der Waals surface area contributed by atoms with E-state index in [1.54, 1.807) is 24.5 Å². The maximum atomic E-state index is 12.4. The van der Waals surface area contributed by atoms with Gasteiger partial charge in [-0.15, -0.1) is 11.3 Å². The van der Waals surface area contributed by atoms with Crippen molar-refractivity contribution < 1.29 is 9.53 Å². The first kappa shape index (κ1) is 18.7. The van der Waals surface area contributed by atoms with Gasteiger partial charge >= 0.3 is 0 Å². The summed E-state index contributed by atoms with van der Waals surface area (Å²) in [5.74, 6) is 0.652. The van der Waals surface area contributed by atoms with Crippen LogP contribution in [0.1, 0.15) is 23.2 Å². The third-order valence-corrected chi connectivity index (χ3v) is 5.35. The van der Waals surface area contributed by atoms with Crippen LogP contribution in [-0.4, -0.2) is 63.2 Å². The Bertz CT molecular complexity index is 754. The number of amides is 1. The highest BCUT2D eigenvalue weighted by Gasteiger charge is 2.18. The van der Waals surface area contributed by atoms with E-state index in [0.29, 0.717) is 12.1 Å². The van der Waals surface area contributed by atoms with Crippen LogP contribution >= 0.6 is 11.3 Å². The van der Waals surface area contributed by atoms with E-state index in [0.717, 1.165) is 41.8 Å². The molecule has 2 heterocycles. The molecule has 0 atom stereocenters. The SMILES string of the molecule is COc1ccc(C(=O)NCCN(C)C)cc1-c1csc(N2CCCC2)n1. The van der Waals surface area contributed by atoms with Crippen molar-refractivity contribution in [1.29, 1.82) is 0 Å². The first-order valence-electron chi connectivity index (χ1n) is 8.90. The fourth-order valence-electron chi connectivity index (χ4n) is 2.99. The molecule has 140 valence electrons. The van der Waals surface area contributed by atoms with Crippen LogP contribution in [0.15, 0.2) is 23.6 Å². The van der Waals surface area contributed by atoms with Crippen molar-refractivity contribution in [1.82, 2.24) is 15.2 Å². The van der Waals surface area contributed by atoms with Crippen molar-refractivity contribution in [2.24, 2.45) is 0 Å². The molecule has 26 heavy (non-hydrogen) atoms. The van der Waals surface area contributed by atoms with Crippen molar-refractivity contribution in [3.63, 3.8) is 0 Å². The van der Waals surface area contributed by atoms with E-state index in [4.69, 9.17) is 9.72 Å². The number of thiazole rings is 1. The van der Waals surface area contributed by atoms with Gasteiger partial charge in [-0.3, -0.25) is 4.79 Å². The van der Waals surface area contributed by atoms with Crippen LogP contribution in [0.4, 0.5) is 5.13 Å². The minimum Gasteiger partial charge on any atom is -0.496 e. The van der Waals surface area contributed by atoms with Crippen LogP contribution in [-0.2, 0) is 0 Å². The van der Waals surface area contributed by atoms with Gasteiger partial charge in [0.1, 0.15) is 5.75 Å². The number of nitrogens with one attached hydrogen (secondary N) is 1. The Balaban J connectivity index is 1.80. The summed E-state index contributed by atoms with van der Waals surface area (Å²) in [6.07, 6.45) is 2.45. The molecule has 0 spiro atoms. The van der Waals surface area contributed by atoms with Gasteiger partial charge < -0.3 is 19.9 Å². The Morgan fingerprint density at radius 1 is 1.35 bits per heavy atom. The number of carbonyl (C=O) groups is 1. The van der Waals surface area contributed by atoms with E-state index in [1.807, 2.05) is 36.5 Å². The van der Waals surface area contributed by atoms with Gasteiger partial charge in [-0.1, -0.05) is 0 Å². The Kier molecular flexibility index (Phi) is 6.11. The summed E-state index contributed by atoms with van der Waals surface area (Å²) in [4.78, 5) is 21.6. The number of hydrogen-bond acceptors (Lipinski definition) is 6. The van der Waals surface area contributed by atoms with Crippen LogP contribution in [0.2, 0.25) is 0 Å². The summed E-state index contributed by atoms with van der Waals surface area (Å²) in [5, 5.41) is 6.03. The average Bonchev–Trinajstić information content (AvgIpc) is 3.32. The molecule has 3 rings (SSSR count). The van der Waals surface area contributed by atoms with Crippen molar-refractivity contribution in [2.75, 3.05) is 52.3 Å². The van der Waals surface area contributed by atoms with Gasteiger partial charge in [-0.05, 0) is 45.1 Å². The summed E-state index contributed by atoms with van der Waals surface area (Å²) in [6, 6.07) is 5.50. The maximum Gasteiger partial charge on any atom is 0.251 e. The lowest BCUT2D eigenvalue weighted by Gasteiger charge is -2.13. The van der Waals surface area contributed by atoms with Gasteiger partial charge in [0.05, 0.1) is 12.8 Å². The van der Waals surface area contributed by atoms with Crippen molar-refractivity contribution in [3.05, 3.63) is 29.1 Å². The number of nitrogens with zero attached hydrogens (tertiary/aromatic N) is 3. The molecule has 1 aliphatic rings. The van der Waals surface area contributed by atoms with Gasteiger partial charge in [-0.25, -0.2) is 4.98 Å².